The van der Waals surface area contributed by atoms with Crippen molar-refractivity contribution in [1.82, 2.24) is 9.78 Å². The van der Waals surface area contributed by atoms with Crippen molar-refractivity contribution in [2.75, 3.05) is 37.5 Å². The molecular weight excluding hydrogens is 467 g/mol. The van der Waals surface area contributed by atoms with Gasteiger partial charge in [0, 0.05) is 50.6 Å². The van der Waals surface area contributed by atoms with Crippen LogP contribution in [0.1, 0.15) is 50.5 Å². The Balaban J connectivity index is 0.000000396. The van der Waals surface area contributed by atoms with Crippen LogP contribution in [-0.2, 0) is 4.74 Å². The first kappa shape index (κ1) is 26.6. The predicted octanol–water partition coefficient (Wildman–Crippen LogP) is 5.48. The molecule has 3 aromatic rings. The highest BCUT2D eigenvalue weighted by atomic mass is 19.1. The minimum Gasteiger partial charge on any atom is -0.381 e. The summed E-state index contributed by atoms with van der Waals surface area (Å²) in [6, 6.07) is 17.1. The first-order valence-electron chi connectivity index (χ1n) is 13.1. The second kappa shape index (κ2) is 12.7. The van der Waals surface area contributed by atoms with Crippen LogP contribution in [0.3, 0.4) is 0 Å². The highest BCUT2D eigenvalue weighted by molar-refractivity contribution is 5.67. The highest BCUT2D eigenvalue weighted by Gasteiger charge is 2.19. The number of piperidine rings is 1. The van der Waals surface area contributed by atoms with Crippen molar-refractivity contribution in [2.45, 2.75) is 57.1 Å². The maximum absolute atomic E-state index is 14.2. The number of rotatable bonds is 5. The van der Waals surface area contributed by atoms with E-state index in [1.165, 1.54) is 49.9 Å². The Labute approximate surface area is 219 Å². The summed E-state index contributed by atoms with van der Waals surface area (Å²) in [6.07, 6.45) is 9.06. The Kier molecular flexibility index (Phi) is 9.15. The Morgan fingerprint density at radius 2 is 1.68 bits per heavy atom. The van der Waals surface area contributed by atoms with Crippen LogP contribution in [0, 0.1) is 17.1 Å². The lowest BCUT2D eigenvalue weighted by Gasteiger charge is -2.33. The summed E-state index contributed by atoms with van der Waals surface area (Å²) in [7, 11) is 3.57. The number of nitriles is 1. The maximum atomic E-state index is 14.2. The van der Waals surface area contributed by atoms with Gasteiger partial charge in [0.2, 0.25) is 0 Å². The zero-order valence-corrected chi connectivity index (χ0v) is 21.8. The van der Waals surface area contributed by atoms with Gasteiger partial charge in [-0.1, -0.05) is 25.3 Å². The van der Waals surface area contributed by atoms with E-state index in [0.29, 0.717) is 23.5 Å². The van der Waals surface area contributed by atoms with Gasteiger partial charge >= 0.3 is 0 Å². The second-order valence-electron chi connectivity index (χ2n) is 9.72. The molecule has 2 aromatic carbocycles. The molecule has 5 rings (SSSR count). The van der Waals surface area contributed by atoms with Crippen LogP contribution in [0.25, 0.3) is 16.9 Å². The monoisotopic (exact) mass is 504 g/mol. The number of nitrogens with one attached hydrogen (secondary N) is 1. The van der Waals surface area contributed by atoms with E-state index < -0.39 is 5.82 Å². The van der Waals surface area contributed by atoms with E-state index in [9.17, 15) is 4.39 Å². The Morgan fingerprint density at radius 3 is 2.22 bits per heavy atom. The molecule has 7 nitrogen and oxygen atoms in total. The fraction of sp³-hybridized carbons (Fsp3) is 0.448. The van der Waals surface area contributed by atoms with E-state index in [2.05, 4.69) is 27.4 Å². The molecule has 1 saturated carbocycles. The molecule has 0 unspecified atom stereocenters. The lowest BCUT2D eigenvalue weighted by atomic mass is 9.97. The number of ether oxygens (including phenoxy) is 1. The van der Waals surface area contributed by atoms with E-state index in [4.69, 9.17) is 15.7 Å². The van der Waals surface area contributed by atoms with Gasteiger partial charge in [0.05, 0.1) is 23.0 Å². The van der Waals surface area contributed by atoms with Crippen LogP contribution in [-0.4, -0.2) is 49.2 Å². The first-order chi connectivity index (χ1) is 18.0. The van der Waals surface area contributed by atoms with Gasteiger partial charge in [-0.15, -0.1) is 5.10 Å². The SMILES string of the molecule is CNc1cc(-c2ccc(C#N)c(F)c2)n(-c2ccc(N3CCC(OC)CC3)cc2)n1.NC1CCCCC1. The van der Waals surface area contributed by atoms with Crippen molar-refractivity contribution in [3.8, 4) is 23.0 Å². The molecule has 1 aliphatic carbocycles. The molecular formula is C29H37FN6O. The van der Waals surface area contributed by atoms with Crippen molar-refractivity contribution in [3.05, 3.63) is 59.9 Å². The van der Waals surface area contributed by atoms with E-state index in [1.54, 1.807) is 24.9 Å². The Bertz CT molecular complexity index is 1190. The number of nitrogens with zero attached hydrogens (tertiary/aromatic N) is 4. The molecule has 8 heteroatoms. The number of nitrogens with two attached hydrogens (primary N) is 1. The van der Waals surface area contributed by atoms with Crippen LogP contribution in [0.2, 0.25) is 0 Å². The molecule has 1 aliphatic heterocycles. The third-order valence-corrected chi connectivity index (χ3v) is 7.24. The number of hydrogen-bond acceptors (Lipinski definition) is 6. The molecule has 2 fully saturated rings. The summed E-state index contributed by atoms with van der Waals surface area (Å²) >= 11 is 0. The fourth-order valence-electron chi connectivity index (χ4n) is 4.96. The van der Waals surface area contributed by atoms with E-state index in [0.717, 1.165) is 37.3 Å². The summed E-state index contributed by atoms with van der Waals surface area (Å²) in [5.74, 6) is 0.143. The third-order valence-electron chi connectivity index (χ3n) is 7.24. The molecule has 0 spiro atoms. The molecule has 3 N–H and O–H groups in total. The number of aromatic nitrogens is 2. The van der Waals surface area contributed by atoms with Crippen molar-refractivity contribution in [2.24, 2.45) is 5.73 Å². The lowest BCUT2D eigenvalue weighted by molar-refractivity contribution is 0.0819. The van der Waals surface area contributed by atoms with Gasteiger partial charge in [-0.25, -0.2) is 9.07 Å². The zero-order chi connectivity index (χ0) is 26.2. The fourth-order valence-corrected chi connectivity index (χ4v) is 4.96. The van der Waals surface area contributed by atoms with Gasteiger partial charge in [-0.2, -0.15) is 5.26 Å². The average molecular weight is 505 g/mol. The van der Waals surface area contributed by atoms with Crippen molar-refractivity contribution < 1.29 is 9.13 Å². The van der Waals surface area contributed by atoms with Gasteiger partial charge in [0.25, 0.3) is 0 Å². The topological polar surface area (TPSA) is 92.1 Å². The smallest absolute Gasteiger partial charge is 0.148 e. The third kappa shape index (κ3) is 6.68. The molecule has 0 amide bonds. The number of hydrogen-bond donors (Lipinski definition) is 2. The van der Waals surface area contributed by atoms with Gasteiger partial charge in [0.15, 0.2) is 0 Å². The summed E-state index contributed by atoms with van der Waals surface area (Å²) in [4.78, 5) is 2.36. The van der Waals surface area contributed by atoms with Crippen LogP contribution in [0.15, 0.2) is 48.5 Å². The molecule has 196 valence electrons. The molecule has 37 heavy (non-hydrogen) atoms. The Hall–Kier alpha value is -3.41. The normalized spacial score (nSPS) is 16.6. The van der Waals surface area contributed by atoms with Crippen molar-refractivity contribution in [3.63, 3.8) is 0 Å². The number of halogens is 1. The van der Waals surface area contributed by atoms with Crippen LogP contribution >= 0.6 is 0 Å². The van der Waals surface area contributed by atoms with Crippen molar-refractivity contribution >= 4 is 11.5 Å². The van der Waals surface area contributed by atoms with Gasteiger partial charge in [-0.05, 0) is 62.1 Å². The molecule has 1 saturated heterocycles. The number of benzene rings is 2. The zero-order valence-electron chi connectivity index (χ0n) is 21.8. The minimum absolute atomic E-state index is 0.0280. The summed E-state index contributed by atoms with van der Waals surface area (Å²) in [5, 5.41) is 16.6. The van der Waals surface area contributed by atoms with Gasteiger partial charge in [-0.3, -0.25) is 0 Å². The Morgan fingerprint density at radius 1 is 1.00 bits per heavy atom. The van der Waals surface area contributed by atoms with E-state index in [-0.39, 0.29) is 5.56 Å². The highest BCUT2D eigenvalue weighted by Crippen LogP contribution is 2.29. The molecule has 0 atom stereocenters. The number of methoxy groups -OCH3 is 1. The molecule has 0 radical (unpaired) electrons. The van der Waals surface area contributed by atoms with E-state index >= 15 is 0 Å². The average Bonchev–Trinajstić information content (AvgIpc) is 3.39. The minimum atomic E-state index is -0.538. The number of anilines is 2. The largest absolute Gasteiger partial charge is 0.381 e. The molecule has 2 heterocycles. The quantitative estimate of drug-likeness (QED) is 0.478. The van der Waals surface area contributed by atoms with E-state index in [1.807, 2.05) is 24.3 Å². The molecule has 2 aliphatic rings. The summed E-state index contributed by atoms with van der Waals surface area (Å²) in [5.41, 5.74) is 9.12. The summed E-state index contributed by atoms with van der Waals surface area (Å²) in [6.45, 7) is 1.94. The van der Waals surface area contributed by atoms with Crippen molar-refractivity contribution in [1.29, 1.82) is 5.26 Å². The predicted molar refractivity (Wildman–Crippen MR) is 147 cm³/mol. The lowest BCUT2D eigenvalue weighted by Crippen LogP contribution is -2.36. The van der Waals surface area contributed by atoms with Gasteiger partial charge < -0.3 is 20.7 Å². The maximum Gasteiger partial charge on any atom is 0.148 e. The first-order valence-corrected chi connectivity index (χ1v) is 13.1. The van der Waals surface area contributed by atoms with Crippen LogP contribution < -0.4 is 16.0 Å². The van der Waals surface area contributed by atoms with Gasteiger partial charge in [0.1, 0.15) is 17.7 Å². The van der Waals surface area contributed by atoms with Crippen LogP contribution in [0.5, 0.6) is 0 Å². The van der Waals surface area contributed by atoms with Crippen LogP contribution in [0.4, 0.5) is 15.9 Å². The molecule has 0 bridgehead atoms. The summed E-state index contributed by atoms with van der Waals surface area (Å²) < 4.78 is 21.4. The standard InChI is InChI=1S/C23H24FN5O.C6H13N/c1-26-23-14-22(16-3-4-17(15-25)21(24)13-16)29(27-23)19-7-5-18(6-8-19)28-11-9-20(30-2)10-12-28;7-6-4-2-1-3-5-6/h3-8,13-14,20H,9-12H2,1-2H3,(H,26,27);6H,1-5,7H2. The molecule has 1 aromatic heterocycles. The second-order valence-corrected chi connectivity index (χ2v) is 9.72.